The summed E-state index contributed by atoms with van der Waals surface area (Å²) in [4.78, 5) is 23.8. The van der Waals surface area contributed by atoms with E-state index in [2.05, 4.69) is 26.0 Å². The number of hydrogen-bond acceptors (Lipinski definition) is 6. The molecular weight excluding hydrogens is 426 g/mol. The quantitative estimate of drug-likeness (QED) is 0.417. The Morgan fingerprint density at radius 3 is 2.46 bits per heavy atom. The average molecular weight is 440 g/mol. The van der Waals surface area contributed by atoms with E-state index in [1.54, 1.807) is 18.2 Å². The molecule has 0 atom stereocenters. The first-order valence-electron chi connectivity index (χ1n) is 7.89. The van der Waals surface area contributed by atoms with Crippen LogP contribution in [-0.4, -0.2) is 25.6 Å². The molecule has 0 heterocycles. The first-order valence-corrected chi connectivity index (χ1v) is 8.68. The summed E-state index contributed by atoms with van der Waals surface area (Å²) in [5.41, 5.74) is 1.28. The molecule has 0 fully saturated rings. The predicted molar refractivity (Wildman–Crippen MR) is 105 cm³/mol. The fraction of sp³-hybridized carbons (Fsp3) is 0.100. The van der Waals surface area contributed by atoms with Crippen LogP contribution >= 0.6 is 15.9 Å². The molecular formula is C20H14BrN3O4. The molecule has 0 aliphatic carbocycles. The summed E-state index contributed by atoms with van der Waals surface area (Å²) in [6.45, 7) is -0.0889. The van der Waals surface area contributed by atoms with Crippen LogP contribution in [-0.2, 0) is 9.53 Å². The van der Waals surface area contributed by atoms with E-state index < -0.39 is 11.9 Å². The van der Waals surface area contributed by atoms with E-state index in [9.17, 15) is 14.9 Å². The molecule has 0 radical (unpaired) electrons. The topological polar surface area (TPSA) is 112 Å². The maximum Gasteiger partial charge on any atom is 0.337 e. The molecule has 0 aliphatic rings. The molecule has 1 amide bonds. The average Bonchev–Trinajstić information content (AvgIpc) is 2.71. The molecule has 2 aromatic carbocycles. The molecule has 0 saturated carbocycles. The predicted octanol–water partition coefficient (Wildman–Crippen LogP) is 3.68. The van der Waals surface area contributed by atoms with Gasteiger partial charge in [0.2, 0.25) is 0 Å². The minimum Gasteiger partial charge on any atom is -0.478 e. The molecule has 0 aromatic heterocycles. The van der Waals surface area contributed by atoms with Crippen LogP contribution in [0.5, 0.6) is 5.75 Å². The van der Waals surface area contributed by atoms with Crippen LogP contribution in [0.3, 0.4) is 0 Å². The lowest BCUT2D eigenvalue weighted by Gasteiger charge is -2.07. The van der Waals surface area contributed by atoms with Crippen LogP contribution in [0.4, 0.5) is 5.69 Å². The molecule has 0 aliphatic heterocycles. The molecule has 0 spiro atoms. The van der Waals surface area contributed by atoms with Crippen molar-refractivity contribution in [3.05, 3.63) is 63.6 Å². The highest BCUT2D eigenvalue weighted by atomic mass is 79.9. The van der Waals surface area contributed by atoms with Crippen LogP contribution in [0, 0.1) is 22.7 Å². The van der Waals surface area contributed by atoms with Crippen molar-refractivity contribution in [3.8, 4) is 17.9 Å². The maximum atomic E-state index is 12.4. The van der Waals surface area contributed by atoms with E-state index in [0.29, 0.717) is 27.0 Å². The van der Waals surface area contributed by atoms with E-state index in [1.165, 1.54) is 37.5 Å². The van der Waals surface area contributed by atoms with Crippen molar-refractivity contribution in [2.45, 2.75) is 0 Å². The van der Waals surface area contributed by atoms with Gasteiger partial charge in [0.1, 0.15) is 23.5 Å². The number of carbonyl (C=O) groups is 2. The minimum absolute atomic E-state index is 0.0889. The van der Waals surface area contributed by atoms with Gasteiger partial charge in [-0.25, -0.2) is 4.79 Å². The standard InChI is InChI=1S/C20H14BrN3O4/c1-27-20(26)14-3-5-16(6-4-14)24-19(25)15(12-23)10-13-2-7-18(17(21)11-13)28-9-8-22/h2-7,10-11H,9H2,1H3,(H,24,25)/b15-10+. The van der Waals surface area contributed by atoms with Gasteiger partial charge in [-0.05, 0) is 64.0 Å². The van der Waals surface area contributed by atoms with Gasteiger partial charge in [0, 0.05) is 5.69 Å². The highest BCUT2D eigenvalue weighted by Gasteiger charge is 2.11. The Balaban J connectivity index is 2.15. The van der Waals surface area contributed by atoms with Gasteiger partial charge < -0.3 is 14.8 Å². The van der Waals surface area contributed by atoms with E-state index in [0.717, 1.165) is 0 Å². The number of ether oxygens (including phenoxy) is 2. The van der Waals surface area contributed by atoms with Gasteiger partial charge in [-0.3, -0.25) is 4.79 Å². The van der Waals surface area contributed by atoms with Crippen LogP contribution in [0.25, 0.3) is 6.08 Å². The Morgan fingerprint density at radius 2 is 1.89 bits per heavy atom. The number of nitrogens with zero attached hydrogens (tertiary/aromatic N) is 2. The smallest absolute Gasteiger partial charge is 0.337 e. The zero-order valence-electron chi connectivity index (χ0n) is 14.7. The zero-order valence-corrected chi connectivity index (χ0v) is 16.3. The summed E-state index contributed by atoms with van der Waals surface area (Å²) in [6.07, 6.45) is 1.43. The van der Waals surface area contributed by atoms with Gasteiger partial charge in [0.05, 0.1) is 17.1 Å². The summed E-state index contributed by atoms with van der Waals surface area (Å²) in [5, 5.41) is 20.5. The normalized spacial score (nSPS) is 10.4. The summed E-state index contributed by atoms with van der Waals surface area (Å²) in [5.74, 6) is -0.593. The van der Waals surface area contributed by atoms with E-state index in [4.69, 9.17) is 10.00 Å². The van der Waals surface area contributed by atoms with Crippen LogP contribution in [0.2, 0.25) is 0 Å². The number of benzene rings is 2. The highest BCUT2D eigenvalue weighted by Crippen LogP contribution is 2.27. The largest absolute Gasteiger partial charge is 0.478 e. The first kappa shape index (κ1) is 20.7. The van der Waals surface area contributed by atoms with Crippen molar-refractivity contribution >= 4 is 39.6 Å². The number of nitrogens with one attached hydrogen (secondary N) is 1. The van der Waals surface area contributed by atoms with Gasteiger partial charge in [0.25, 0.3) is 5.91 Å². The fourth-order valence-electron chi connectivity index (χ4n) is 2.16. The molecule has 7 nitrogen and oxygen atoms in total. The van der Waals surface area contributed by atoms with Crippen molar-refractivity contribution in [1.82, 2.24) is 0 Å². The van der Waals surface area contributed by atoms with E-state index in [-0.39, 0.29) is 12.2 Å². The van der Waals surface area contributed by atoms with Crippen molar-refractivity contribution in [2.24, 2.45) is 0 Å². The van der Waals surface area contributed by atoms with Crippen molar-refractivity contribution in [1.29, 1.82) is 10.5 Å². The first-order chi connectivity index (χ1) is 13.5. The lowest BCUT2D eigenvalue weighted by atomic mass is 10.1. The molecule has 1 N–H and O–H groups in total. The second-order valence-electron chi connectivity index (χ2n) is 5.33. The third-order valence-electron chi connectivity index (χ3n) is 3.49. The molecule has 0 unspecified atom stereocenters. The molecule has 140 valence electrons. The number of halogens is 1. The zero-order chi connectivity index (χ0) is 20.5. The van der Waals surface area contributed by atoms with Gasteiger partial charge in [0.15, 0.2) is 6.61 Å². The lowest BCUT2D eigenvalue weighted by Crippen LogP contribution is -2.13. The summed E-state index contributed by atoms with van der Waals surface area (Å²) in [6, 6.07) is 14.8. The highest BCUT2D eigenvalue weighted by molar-refractivity contribution is 9.10. The Bertz CT molecular complexity index is 1000. The monoisotopic (exact) mass is 439 g/mol. The molecule has 28 heavy (non-hydrogen) atoms. The SMILES string of the molecule is COC(=O)c1ccc(NC(=O)/C(C#N)=C/c2ccc(OCC#N)c(Br)c2)cc1. The summed E-state index contributed by atoms with van der Waals surface area (Å²) < 4.78 is 10.4. The van der Waals surface area contributed by atoms with Crippen LogP contribution in [0.1, 0.15) is 15.9 Å². The van der Waals surface area contributed by atoms with Gasteiger partial charge in [-0.2, -0.15) is 10.5 Å². The number of nitriles is 2. The molecule has 2 rings (SSSR count). The Labute approximate surface area is 169 Å². The Kier molecular flexibility index (Phi) is 7.32. The third kappa shape index (κ3) is 5.44. The summed E-state index contributed by atoms with van der Waals surface area (Å²) in [7, 11) is 1.28. The minimum atomic E-state index is -0.589. The van der Waals surface area contributed by atoms with E-state index >= 15 is 0 Å². The fourth-order valence-corrected chi connectivity index (χ4v) is 2.67. The number of methoxy groups -OCH3 is 1. The van der Waals surface area contributed by atoms with Crippen molar-refractivity contribution < 1.29 is 19.1 Å². The number of esters is 1. The molecule has 0 saturated heterocycles. The second-order valence-corrected chi connectivity index (χ2v) is 6.18. The lowest BCUT2D eigenvalue weighted by molar-refractivity contribution is -0.112. The van der Waals surface area contributed by atoms with Crippen LogP contribution in [0.15, 0.2) is 52.5 Å². The summed E-state index contributed by atoms with van der Waals surface area (Å²) >= 11 is 3.32. The van der Waals surface area contributed by atoms with Crippen LogP contribution < -0.4 is 10.1 Å². The van der Waals surface area contributed by atoms with Gasteiger partial charge >= 0.3 is 5.97 Å². The van der Waals surface area contributed by atoms with Gasteiger partial charge in [-0.15, -0.1) is 0 Å². The number of anilines is 1. The number of rotatable bonds is 6. The molecule has 8 heteroatoms. The Morgan fingerprint density at radius 1 is 1.18 bits per heavy atom. The third-order valence-corrected chi connectivity index (χ3v) is 4.11. The Hall–Kier alpha value is -3.62. The number of carbonyl (C=O) groups excluding carboxylic acids is 2. The maximum absolute atomic E-state index is 12.4. The van der Waals surface area contributed by atoms with Crippen molar-refractivity contribution in [2.75, 3.05) is 19.0 Å². The molecule has 2 aromatic rings. The second kappa shape index (κ2) is 9.91. The number of amides is 1. The number of hydrogen-bond donors (Lipinski definition) is 1. The van der Waals surface area contributed by atoms with Gasteiger partial charge in [-0.1, -0.05) is 6.07 Å². The van der Waals surface area contributed by atoms with E-state index in [1.807, 2.05) is 12.1 Å². The molecule has 0 bridgehead atoms. The van der Waals surface area contributed by atoms with Crippen molar-refractivity contribution in [3.63, 3.8) is 0 Å².